The van der Waals surface area contributed by atoms with Gasteiger partial charge in [-0.1, -0.05) is 18.2 Å². The lowest BCUT2D eigenvalue weighted by atomic mass is 10.2. The molecule has 0 saturated carbocycles. The molecule has 1 aromatic carbocycles. The molecule has 2 aliphatic rings. The molecule has 27 heavy (non-hydrogen) atoms. The van der Waals surface area contributed by atoms with Crippen LogP contribution >= 0.6 is 11.9 Å². The predicted molar refractivity (Wildman–Crippen MR) is 101 cm³/mol. The maximum atomic E-state index is 12.9. The first kappa shape index (κ1) is 18.6. The van der Waals surface area contributed by atoms with Crippen molar-refractivity contribution >= 4 is 17.8 Å². The minimum atomic E-state index is -4.33. The van der Waals surface area contributed by atoms with Gasteiger partial charge in [-0.25, -0.2) is 9.29 Å². The largest absolute Gasteiger partial charge is 0.416 e. The van der Waals surface area contributed by atoms with Crippen LogP contribution in [0.1, 0.15) is 11.1 Å². The molecule has 0 atom stereocenters. The lowest BCUT2D eigenvalue weighted by molar-refractivity contribution is -0.137. The number of alkyl halides is 3. The van der Waals surface area contributed by atoms with E-state index in [1.807, 2.05) is 4.90 Å². The van der Waals surface area contributed by atoms with Gasteiger partial charge in [0.25, 0.3) is 0 Å². The number of anilines is 1. The Labute approximate surface area is 161 Å². The standard InChI is InChI=1S/C19H21F3N4S/c20-19(21,22)16-5-6-23-18(13-16)25-10-7-24(8-11-25)9-12-26-14-15-3-1-2-4-17(15)27-26/h1-6,13H,7-12,14H2. The number of rotatable bonds is 4. The van der Waals surface area contributed by atoms with E-state index in [4.69, 9.17) is 0 Å². The minimum absolute atomic E-state index is 0.412. The van der Waals surface area contributed by atoms with Crippen molar-refractivity contribution in [2.45, 2.75) is 17.6 Å². The van der Waals surface area contributed by atoms with Crippen LogP contribution in [0.4, 0.5) is 19.0 Å². The molecule has 0 radical (unpaired) electrons. The number of pyridine rings is 1. The quantitative estimate of drug-likeness (QED) is 0.735. The molecule has 0 bridgehead atoms. The van der Waals surface area contributed by atoms with Crippen molar-refractivity contribution in [2.24, 2.45) is 0 Å². The second kappa shape index (κ2) is 7.69. The van der Waals surface area contributed by atoms with Crippen molar-refractivity contribution in [1.82, 2.24) is 14.2 Å². The molecule has 4 rings (SSSR count). The maximum Gasteiger partial charge on any atom is 0.416 e. The highest BCUT2D eigenvalue weighted by Crippen LogP contribution is 2.35. The Kier molecular flexibility index (Phi) is 5.29. The first-order chi connectivity index (χ1) is 13.0. The fourth-order valence-corrected chi connectivity index (χ4v) is 4.47. The molecule has 2 aromatic rings. The number of hydrogen-bond acceptors (Lipinski definition) is 5. The lowest BCUT2D eigenvalue weighted by Gasteiger charge is -2.36. The highest BCUT2D eigenvalue weighted by atomic mass is 32.2. The number of piperazine rings is 1. The fraction of sp³-hybridized carbons (Fsp3) is 0.421. The van der Waals surface area contributed by atoms with Crippen molar-refractivity contribution in [2.75, 3.05) is 44.2 Å². The summed E-state index contributed by atoms with van der Waals surface area (Å²) in [6, 6.07) is 10.6. The average molecular weight is 394 g/mol. The van der Waals surface area contributed by atoms with E-state index < -0.39 is 11.7 Å². The van der Waals surface area contributed by atoms with Gasteiger partial charge in [0.2, 0.25) is 0 Å². The van der Waals surface area contributed by atoms with Crippen molar-refractivity contribution < 1.29 is 13.2 Å². The molecule has 1 saturated heterocycles. The molecule has 0 amide bonds. The van der Waals surface area contributed by atoms with Gasteiger partial charge in [-0.15, -0.1) is 0 Å². The zero-order valence-electron chi connectivity index (χ0n) is 14.8. The molecule has 4 nitrogen and oxygen atoms in total. The number of benzene rings is 1. The van der Waals surface area contributed by atoms with Gasteiger partial charge in [0.05, 0.1) is 5.56 Å². The van der Waals surface area contributed by atoms with E-state index in [-0.39, 0.29) is 0 Å². The second-order valence-electron chi connectivity index (χ2n) is 6.79. The molecular formula is C19H21F3N4S. The molecule has 3 heterocycles. The molecule has 8 heteroatoms. The molecule has 1 fully saturated rings. The average Bonchev–Trinajstić information content (AvgIpc) is 3.09. The first-order valence-corrected chi connectivity index (χ1v) is 9.78. The molecule has 144 valence electrons. The van der Waals surface area contributed by atoms with Crippen LogP contribution in [-0.2, 0) is 12.7 Å². The van der Waals surface area contributed by atoms with Gasteiger partial charge in [-0.3, -0.25) is 4.90 Å². The van der Waals surface area contributed by atoms with Crippen LogP contribution in [0, 0.1) is 0 Å². The fourth-order valence-electron chi connectivity index (χ4n) is 3.43. The molecule has 0 unspecified atom stereocenters. The van der Waals surface area contributed by atoms with E-state index in [2.05, 4.69) is 38.5 Å². The topological polar surface area (TPSA) is 22.6 Å². The summed E-state index contributed by atoms with van der Waals surface area (Å²) >= 11 is 1.81. The third kappa shape index (κ3) is 4.39. The van der Waals surface area contributed by atoms with Gasteiger partial charge in [-0.2, -0.15) is 13.2 Å². The van der Waals surface area contributed by atoms with Crippen LogP contribution < -0.4 is 4.90 Å². The van der Waals surface area contributed by atoms with Gasteiger partial charge >= 0.3 is 6.18 Å². The summed E-state index contributed by atoms with van der Waals surface area (Å²) < 4.78 is 41.0. The van der Waals surface area contributed by atoms with Gasteiger partial charge < -0.3 is 4.90 Å². The molecule has 0 aliphatic carbocycles. The van der Waals surface area contributed by atoms with Crippen molar-refractivity contribution in [3.63, 3.8) is 0 Å². The predicted octanol–water partition coefficient (Wildman–Crippen LogP) is 3.75. The third-order valence-electron chi connectivity index (χ3n) is 4.98. The van der Waals surface area contributed by atoms with Crippen molar-refractivity contribution in [1.29, 1.82) is 0 Å². The summed E-state index contributed by atoms with van der Waals surface area (Å²) in [7, 11) is 0. The Balaban J connectivity index is 1.26. The van der Waals surface area contributed by atoms with Crippen molar-refractivity contribution in [3.05, 3.63) is 53.7 Å². The normalized spacial score (nSPS) is 18.7. The zero-order valence-corrected chi connectivity index (χ0v) is 15.6. The molecule has 0 N–H and O–H groups in total. The zero-order chi connectivity index (χ0) is 18.9. The Bertz CT molecular complexity index is 766. The highest BCUT2D eigenvalue weighted by molar-refractivity contribution is 7.97. The Hall–Kier alpha value is -1.77. The van der Waals surface area contributed by atoms with Crippen LogP contribution in [0.5, 0.6) is 0 Å². The van der Waals surface area contributed by atoms with Gasteiger partial charge in [0.15, 0.2) is 0 Å². The van der Waals surface area contributed by atoms with Crippen LogP contribution in [0.25, 0.3) is 0 Å². The molecule has 0 spiro atoms. The Morgan fingerprint density at radius 3 is 2.52 bits per heavy atom. The summed E-state index contributed by atoms with van der Waals surface area (Å²) in [6.45, 7) is 5.97. The number of aromatic nitrogens is 1. The van der Waals surface area contributed by atoms with E-state index in [0.717, 1.165) is 44.9 Å². The molecular weight excluding hydrogens is 373 g/mol. The third-order valence-corrected chi connectivity index (χ3v) is 6.15. The van der Waals surface area contributed by atoms with E-state index in [0.29, 0.717) is 18.9 Å². The Morgan fingerprint density at radius 2 is 1.78 bits per heavy atom. The SMILES string of the molecule is FC(F)(F)c1ccnc(N2CCN(CCN3Cc4ccccc4S3)CC2)c1. The lowest BCUT2D eigenvalue weighted by Crippen LogP contribution is -2.48. The monoisotopic (exact) mass is 394 g/mol. The summed E-state index contributed by atoms with van der Waals surface area (Å²) in [5, 5.41) is 0. The van der Waals surface area contributed by atoms with Gasteiger partial charge in [0.1, 0.15) is 5.82 Å². The summed E-state index contributed by atoms with van der Waals surface area (Å²) in [5.41, 5.74) is 0.739. The maximum absolute atomic E-state index is 12.9. The molecule has 1 aromatic heterocycles. The van der Waals surface area contributed by atoms with Crippen LogP contribution in [0.15, 0.2) is 47.5 Å². The van der Waals surface area contributed by atoms with Crippen LogP contribution in [-0.4, -0.2) is 53.5 Å². The van der Waals surface area contributed by atoms with Gasteiger partial charge in [-0.05, 0) is 35.7 Å². The number of halogens is 3. The first-order valence-electron chi connectivity index (χ1n) is 9.00. The van der Waals surface area contributed by atoms with Gasteiger partial charge in [0, 0.05) is 56.9 Å². The minimum Gasteiger partial charge on any atom is -0.354 e. The summed E-state index contributed by atoms with van der Waals surface area (Å²) in [6.07, 6.45) is -3.09. The second-order valence-corrected chi connectivity index (χ2v) is 7.93. The van der Waals surface area contributed by atoms with Crippen LogP contribution in [0.3, 0.4) is 0 Å². The van der Waals surface area contributed by atoms with Crippen molar-refractivity contribution in [3.8, 4) is 0 Å². The summed E-state index contributed by atoms with van der Waals surface area (Å²) in [5.74, 6) is 0.412. The van der Waals surface area contributed by atoms with E-state index >= 15 is 0 Å². The van der Waals surface area contributed by atoms with E-state index in [1.165, 1.54) is 16.7 Å². The van der Waals surface area contributed by atoms with E-state index in [1.54, 1.807) is 11.9 Å². The number of hydrogen-bond donors (Lipinski definition) is 0. The number of nitrogens with zero attached hydrogens (tertiary/aromatic N) is 4. The van der Waals surface area contributed by atoms with Crippen LogP contribution in [0.2, 0.25) is 0 Å². The van der Waals surface area contributed by atoms with E-state index in [9.17, 15) is 13.2 Å². The highest BCUT2D eigenvalue weighted by Gasteiger charge is 2.31. The Morgan fingerprint density at radius 1 is 1.00 bits per heavy atom. The smallest absolute Gasteiger partial charge is 0.354 e. The number of fused-ring (bicyclic) bond motifs is 1. The molecule has 2 aliphatic heterocycles. The summed E-state index contributed by atoms with van der Waals surface area (Å²) in [4.78, 5) is 9.77.